The Morgan fingerprint density at radius 3 is 2.50 bits per heavy atom. The zero-order valence-electron chi connectivity index (χ0n) is 13.7. The van der Waals surface area contributed by atoms with E-state index in [1.54, 1.807) is 11.3 Å². The second-order valence-electron chi connectivity index (χ2n) is 6.09. The van der Waals surface area contributed by atoms with Crippen molar-refractivity contribution >= 4 is 21.4 Å². The molecule has 1 fully saturated rings. The van der Waals surface area contributed by atoms with E-state index in [9.17, 15) is 12.8 Å². The molecule has 0 N–H and O–H groups in total. The highest BCUT2D eigenvalue weighted by atomic mass is 32.2. The molecule has 136 valence electrons. The van der Waals surface area contributed by atoms with Gasteiger partial charge in [0, 0.05) is 30.0 Å². The largest absolute Gasteiger partial charge is 0.420 e. The predicted molar refractivity (Wildman–Crippen MR) is 94.7 cm³/mol. The van der Waals surface area contributed by atoms with E-state index in [0.29, 0.717) is 37.7 Å². The number of rotatable bonds is 4. The van der Waals surface area contributed by atoms with Crippen LogP contribution in [0.15, 0.2) is 50.4 Å². The summed E-state index contributed by atoms with van der Waals surface area (Å²) in [5.74, 6) is 0.614. The molecule has 1 aliphatic rings. The van der Waals surface area contributed by atoms with E-state index in [0.717, 1.165) is 17.7 Å². The third-order valence-corrected chi connectivity index (χ3v) is 7.06. The standard InChI is InChI=1S/C17H16FN3O3S2/c18-14-1-3-15(4-2-14)26(22,23)21-8-5-12(6-9-21)16-19-20-17(24-16)13-7-10-25-11-13/h1-4,7,10-12H,5-6,8-9H2. The molecule has 9 heteroatoms. The van der Waals surface area contributed by atoms with Gasteiger partial charge >= 0.3 is 0 Å². The SMILES string of the molecule is O=S(=O)(c1ccc(F)cc1)N1CCC(c2nnc(-c3ccsc3)o2)CC1. The van der Waals surface area contributed by atoms with Crippen molar-refractivity contribution in [3.63, 3.8) is 0 Å². The summed E-state index contributed by atoms with van der Waals surface area (Å²) in [6.45, 7) is 0.723. The van der Waals surface area contributed by atoms with Crippen molar-refractivity contribution in [3.8, 4) is 11.5 Å². The van der Waals surface area contributed by atoms with Crippen LogP contribution in [-0.2, 0) is 10.0 Å². The summed E-state index contributed by atoms with van der Waals surface area (Å²) < 4.78 is 45.5. The van der Waals surface area contributed by atoms with Crippen molar-refractivity contribution in [2.45, 2.75) is 23.7 Å². The number of hydrogen-bond acceptors (Lipinski definition) is 6. The first-order valence-corrected chi connectivity index (χ1v) is 10.5. The van der Waals surface area contributed by atoms with Gasteiger partial charge in [0.05, 0.1) is 4.90 Å². The highest BCUT2D eigenvalue weighted by Gasteiger charge is 2.32. The van der Waals surface area contributed by atoms with Crippen LogP contribution in [0.3, 0.4) is 0 Å². The molecule has 3 heterocycles. The second kappa shape index (κ2) is 6.90. The predicted octanol–water partition coefficient (Wildman–Crippen LogP) is 3.51. The molecule has 0 atom stereocenters. The minimum Gasteiger partial charge on any atom is -0.420 e. The first kappa shape index (κ1) is 17.3. The van der Waals surface area contributed by atoms with Crippen molar-refractivity contribution in [2.75, 3.05) is 13.1 Å². The van der Waals surface area contributed by atoms with E-state index in [4.69, 9.17) is 4.42 Å². The third-order valence-electron chi connectivity index (χ3n) is 4.46. The highest BCUT2D eigenvalue weighted by molar-refractivity contribution is 7.89. The summed E-state index contributed by atoms with van der Waals surface area (Å²) >= 11 is 1.56. The van der Waals surface area contributed by atoms with Gasteiger partial charge in [-0.1, -0.05) is 0 Å². The molecule has 0 saturated carbocycles. The molecule has 2 aromatic heterocycles. The van der Waals surface area contributed by atoms with Crippen LogP contribution in [0.1, 0.15) is 24.7 Å². The fourth-order valence-corrected chi connectivity index (χ4v) is 5.10. The lowest BCUT2D eigenvalue weighted by Crippen LogP contribution is -2.37. The summed E-state index contributed by atoms with van der Waals surface area (Å²) in [5.41, 5.74) is 0.894. The van der Waals surface area contributed by atoms with Crippen LogP contribution in [-0.4, -0.2) is 36.0 Å². The Hall–Kier alpha value is -2.10. The Bertz CT molecular complexity index is 977. The van der Waals surface area contributed by atoms with Gasteiger partial charge in [-0.15, -0.1) is 10.2 Å². The van der Waals surface area contributed by atoms with E-state index in [-0.39, 0.29) is 10.8 Å². The average molecular weight is 393 g/mol. The van der Waals surface area contributed by atoms with Crippen molar-refractivity contribution in [1.82, 2.24) is 14.5 Å². The van der Waals surface area contributed by atoms with Gasteiger partial charge in [0.1, 0.15) is 5.82 Å². The first-order valence-electron chi connectivity index (χ1n) is 8.16. The smallest absolute Gasteiger partial charge is 0.248 e. The van der Waals surface area contributed by atoms with Gasteiger partial charge in [-0.3, -0.25) is 0 Å². The molecule has 0 amide bonds. The third kappa shape index (κ3) is 3.29. The van der Waals surface area contributed by atoms with Gasteiger partial charge in [-0.2, -0.15) is 15.6 Å². The van der Waals surface area contributed by atoms with Crippen molar-refractivity contribution in [1.29, 1.82) is 0 Å². The lowest BCUT2D eigenvalue weighted by molar-refractivity contribution is 0.291. The number of thiophene rings is 1. The van der Waals surface area contributed by atoms with E-state index in [1.807, 2.05) is 16.8 Å². The molecule has 0 aliphatic carbocycles. The summed E-state index contributed by atoms with van der Waals surface area (Å²) in [7, 11) is -3.61. The number of halogens is 1. The Morgan fingerprint density at radius 1 is 1.12 bits per heavy atom. The Morgan fingerprint density at radius 2 is 1.85 bits per heavy atom. The lowest BCUT2D eigenvalue weighted by Gasteiger charge is -2.29. The molecule has 26 heavy (non-hydrogen) atoms. The van der Waals surface area contributed by atoms with Crippen LogP contribution in [0.25, 0.3) is 11.5 Å². The second-order valence-corrected chi connectivity index (χ2v) is 8.81. The van der Waals surface area contributed by atoms with Crippen molar-refractivity contribution in [3.05, 3.63) is 52.8 Å². The normalized spacial score (nSPS) is 16.8. The highest BCUT2D eigenvalue weighted by Crippen LogP contribution is 2.32. The molecule has 0 unspecified atom stereocenters. The van der Waals surface area contributed by atoms with Crippen LogP contribution in [0.2, 0.25) is 0 Å². The Balaban J connectivity index is 1.45. The van der Waals surface area contributed by atoms with Crippen LogP contribution in [0.5, 0.6) is 0 Å². The minimum atomic E-state index is -3.61. The summed E-state index contributed by atoms with van der Waals surface area (Å²) in [5, 5.41) is 12.1. The number of sulfonamides is 1. The molecular weight excluding hydrogens is 377 g/mol. The number of piperidine rings is 1. The minimum absolute atomic E-state index is 0.0366. The van der Waals surface area contributed by atoms with Crippen LogP contribution >= 0.6 is 11.3 Å². The maximum absolute atomic E-state index is 13.0. The van der Waals surface area contributed by atoms with Crippen LogP contribution in [0, 0.1) is 5.82 Å². The lowest BCUT2D eigenvalue weighted by atomic mass is 9.98. The maximum Gasteiger partial charge on any atom is 0.248 e. The van der Waals surface area contributed by atoms with Gasteiger partial charge in [0.15, 0.2) is 0 Å². The van der Waals surface area contributed by atoms with E-state index in [2.05, 4.69) is 10.2 Å². The molecule has 1 aliphatic heterocycles. The molecule has 1 saturated heterocycles. The summed E-state index contributed by atoms with van der Waals surface area (Å²) in [6, 6.07) is 6.82. The zero-order valence-corrected chi connectivity index (χ0v) is 15.3. The van der Waals surface area contributed by atoms with Crippen molar-refractivity contribution < 1.29 is 17.2 Å². The molecule has 0 radical (unpaired) electrons. The number of nitrogens with zero attached hydrogens (tertiary/aromatic N) is 3. The Labute approximate surface area is 154 Å². The zero-order chi connectivity index (χ0) is 18.1. The molecular formula is C17H16FN3O3S2. The fourth-order valence-electron chi connectivity index (χ4n) is 3.00. The topological polar surface area (TPSA) is 76.3 Å². The first-order chi connectivity index (χ1) is 12.5. The summed E-state index contributed by atoms with van der Waals surface area (Å²) in [4.78, 5) is 0.106. The molecule has 6 nitrogen and oxygen atoms in total. The van der Waals surface area contributed by atoms with Gasteiger partial charge in [-0.05, 0) is 48.6 Å². The molecule has 3 aromatic rings. The molecule has 0 spiro atoms. The van der Waals surface area contributed by atoms with Crippen LogP contribution in [0.4, 0.5) is 4.39 Å². The number of aromatic nitrogens is 2. The van der Waals surface area contributed by atoms with Gasteiger partial charge < -0.3 is 4.42 Å². The van der Waals surface area contributed by atoms with E-state index < -0.39 is 15.8 Å². The number of benzene rings is 1. The van der Waals surface area contributed by atoms with Crippen molar-refractivity contribution in [2.24, 2.45) is 0 Å². The van der Waals surface area contributed by atoms with Gasteiger partial charge in [-0.25, -0.2) is 12.8 Å². The maximum atomic E-state index is 13.0. The average Bonchev–Trinajstić information content (AvgIpc) is 3.34. The van der Waals surface area contributed by atoms with Crippen LogP contribution < -0.4 is 0 Å². The van der Waals surface area contributed by atoms with E-state index in [1.165, 1.54) is 16.4 Å². The fraction of sp³-hybridized carbons (Fsp3) is 0.294. The Kier molecular flexibility index (Phi) is 4.60. The number of hydrogen-bond donors (Lipinski definition) is 0. The van der Waals surface area contributed by atoms with Gasteiger partial charge in [0.25, 0.3) is 0 Å². The molecule has 0 bridgehead atoms. The van der Waals surface area contributed by atoms with E-state index >= 15 is 0 Å². The monoisotopic (exact) mass is 393 g/mol. The quantitative estimate of drug-likeness (QED) is 0.678. The summed E-state index contributed by atoms with van der Waals surface area (Å²) in [6.07, 6.45) is 1.21. The van der Waals surface area contributed by atoms with Gasteiger partial charge in [0.2, 0.25) is 21.8 Å². The molecule has 4 rings (SSSR count). The molecule has 1 aromatic carbocycles.